The lowest BCUT2D eigenvalue weighted by Crippen LogP contribution is -2.24. The largest absolute Gasteiger partial charge is 0.352 e. The number of nitro groups is 1. The highest BCUT2D eigenvalue weighted by Gasteiger charge is 2.21. The number of nitrogens with zero attached hydrogens (tertiary/aromatic N) is 3. The van der Waals surface area contributed by atoms with Crippen molar-refractivity contribution >= 4 is 11.6 Å². The zero-order valence-electron chi connectivity index (χ0n) is 14.3. The van der Waals surface area contributed by atoms with E-state index in [9.17, 15) is 14.9 Å². The molecule has 1 aromatic heterocycles. The molecule has 0 saturated heterocycles. The molecule has 25 heavy (non-hydrogen) atoms. The van der Waals surface area contributed by atoms with Gasteiger partial charge in [0.2, 0.25) is 5.91 Å². The van der Waals surface area contributed by atoms with E-state index >= 15 is 0 Å². The molecule has 0 unspecified atom stereocenters. The summed E-state index contributed by atoms with van der Waals surface area (Å²) in [6.07, 6.45) is 0.228. The van der Waals surface area contributed by atoms with Crippen molar-refractivity contribution in [1.82, 2.24) is 20.4 Å². The van der Waals surface area contributed by atoms with E-state index in [4.69, 9.17) is 0 Å². The molecule has 8 nitrogen and oxygen atoms in total. The summed E-state index contributed by atoms with van der Waals surface area (Å²) in [5.41, 5.74) is 4.52. The van der Waals surface area contributed by atoms with Crippen molar-refractivity contribution < 1.29 is 9.72 Å². The van der Waals surface area contributed by atoms with Crippen molar-refractivity contribution in [3.05, 3.63) is 56.4 Å². The minimum atomic E-state index is -0.434. The number of amides is 1. The first-order valence-corrected chi connectivity index (χ1v) is 8.22. The van der Waals surface area contributed by atoms with Crippen LogP contribution in [-0.2, 0) is 31.0 Å². The Labute approximate surface area is 145 Å². The number of rotatable bonds is 6. The number of nitrogens with one attached hydrogen (secondary N) is 2. The predicted octanol–water partition coefficient (Wildman–Crippen LogP) is 1.72. The summed E-state index contributed by atoms with van der Waals surface area (Å²) < 4.78 is 1.52. The van der Waals surface area contributed by atoms with Crippen LogP contribution in [-0.4, -0.2) is 20.6 Å². The van der Waals surface area contributed by atoms with E-state index in [1.54, 1.807) is 13.8 Å². The molecule has 2 aromatic rings. The summed E-state index contributed by atoms with van der Waals surface area (Å²) in [6.45, 7) is 5.81. The number of carbonyl (C=O) groups excluding carboxylic acids is 1. The Morgan fingerprint density at radius 1 is 1.36 bits per heavy atom. The summed E-state index contributed by atoms with van der Waals surface area (Å²) >= 11 is 0. The topological polar surface area (TPSA) is 102 Å². The Hall–Kier alpha value is -2.74. The van der Waals surface area contributed by atoms with Crippen molar-refractivity contribution in [2.24, 2.45) is 0 Å². The van der Waals surface area contributed by atoms with Gasteiger partial charge in [0.1, 0.15) is 11.4 Å². The van der Waals surface area contributed by atoms with Crippen molar-refractivity contribution in [1.29, 1.82) is 0 Å². The first-order chi connectivity index (χ1) is 12.0. The number of benzene rings is 1. The van der Waals surface area contributed by atoms with Gasteiger partial charge in [-0.05, 0) is 30.5 Å². The first kappa shape index (κ1) is 17.1. The van der Waals surface area contributed by atoms with Gasteiger partial charge in [-0.2, -0.15) is 5.10 Å². The Kier molecular flexibility index (Phi) is 4.80. The van der Waals surface area contributed by atoms with Gasteiger partial charge in [0.05, 0.1) is 11.5 Å². The lowest BCUT2D eigenvalue weighted by atomic mass is 10.1. The third-order valence-corrected chi connectivity index (χ3v) is 4.47. The molecule has 0 bridgehead atoms. The molecule has 1 aliphatic rings. The summed E-state index contributed by atoms with van der Waals surface area (Å²) in [6, 6.07) is 6.22. The van der Waals surface area contributed by atoms with E-state index in [-0.39, 0.29) is 18.0 Å². The van der Waals surface area contributed by atoms with Crippen molar-refractivity contribution in [3.8, 4) is 0 Å². The summed E-state index contributed by atoms with van der Waals surface area (Å²) in [7, 11) is 0. The van der Waals surface area contributed by atoms with E-state index in [0.29, 0.717) is 24.5 Å². The molecule has 0 saturated carbocycles. The second-order valence-corrected chi connectivity index (χ2v) is 6.23. The Bertz CT molecular complexity index is 828. The van der Waals surface area contributed by atoms with Crippen LogP contribution < -0.4 is 10.6 Å². The Balaban J connectivity index is 1.53. The van der Waals surface area contributed by atoms with E-state index in [0.717, 1.165) is 18.7 Å². The molecular weight excluding hydrogens is 322 g/mol. The number of carbonyl (C=O) groups is 1. The van der Waals surface area contributed by atoms with Crippen LogP contribution in [0.3, 0.4) is 0 Å². The predicted molar refractivity (Wildman–Crippen MR) is 91.8 cm³/mol. The van der Waals surface area contributed by atoms with Gasteiger partial charge in [0.25, 0.3) is 0 Å². The van der Waals surface area contributed by atoms with Crippen LogP contribution in [0, 0.1) is 24.0 Å². The third kappa shape index (κ3) is 3.69. The maximum absolute atomic E-state index is 12.1. The van der Waals surface area contributed by atoms with Crippen molar-refractivity contribution in [2.45, 2.75) is 46.4 Å². The molecule has 1 amide bonds. The molecule has 0 spiro atoms. The molecule has 3 rings (SSSR count). The van der Waals surface area contributed by atoms with Crippen LogP contribution in [0.2, 0.25) is 0 Å². The first-order valence-electron chi connectivity index (χ1n) is 8.22. The van der Waals surface area contributed by atoms with Gasteiger partial charge in [-0.15, -0.1) is 0 Å². The Morgan fingerprint density at radius 2 is 2.12 bits per heavy atom. The number of aryl methyl sites for hydroxylation is 2. The zero-order chi connectivity index (χ0) is 18.0. The van der Waals surface area contributed by atoms with Crippen LogP contribution in [0.25, 0.3) is 0 Å². The monoisotopic (exact) mass is 343 g/mol. The Morgan fingerprint density at radius 3 is 2.84 bits per heavy atom. The maximum Gasteiger partial charge on any atom is 0.312 e. The molecule has 0 radical (unpaired) electrons. The summed E-state index contributed by atoms with van der Waals surface area (Å²) in [5, 5.41) is 21.3. The average molecular weight is 343 g/mol. The van der Waals surface area contributed by atoms with Gasteiger partial charge >= 0.3 is 5.69 Å². The van der Waals surface area contributed by atoms with Gasteiger partial charge in [0, 0.05) is 26.1 Å². The van der Waals surface area contributed by atoms with Gasteiger partial charge in [-0.25, -0.2) is 0 Å². The van der Waals surface area contributed by atoms with E-state index in [2.05, 4.69) is 27.9 Å². The molecule has 0 aliphatic carbocycles. The second kappa shape index (κ2) is 7.02. The summed E-state index contributed by atoms with van der Waals surface area (Å²) in [4.78, 5) is 22.6. The van der Waals surface area contributed by atoms with Gasteiger partial charge < -0.3 is 10.6 Å². The lowest BCUT2D eigenvalue weighted by Gasteiger charge is -2.08. The van der Waals surface area contributed by atoms with Gasteiger partial charge in [-0.3, -0.25) is 19.6 Å². The number of aromatic nitrogens is 2. The average Bonchev–Trinajstić information content (AvgIpc) is 3.14. The number of fused-ring (bicyclic) bond motifs is 1. The SMILES string of the molecule is Cc1nn(CCC(=O)NCc2ccc3c(c2)CNC3)c(C)c1[N+](=O)[O-]. The lowest BCUT2D eigenvalue weighted by molar-refractivity contribution is -0.386. The molecule has 132 valence electrons. The fraction of sp³-hybridized carbons (Fsp3) is 0.412. The minimum absolute atomic E-state index is 0.0205. The zero-order valence-corrected chi connectivity index (χ0v) is 14.3. The highest BCUT2D eigenvalue weighted by molar-refractivity contribution is 5.75. The maximum atomic E-state index is 12.1. The highest BCUT2D eigenvalue weighted by atomic mass is 16.6. The normalized spacial score (nSPS) is 12.9. The molecule has 2 N–H and O–H groups in total. The van der Waals surface area contributed by atoms with Crippen LogP contribution in [0.4, 0.5) is 5.69 Å². The smallest absolute Gasteiger partial charge is 0.312 e. The van der Waals surface area contributed by atoms with E-state index < -0.39 is 4.92 Å². The molecule has 8 heteroatoms. The summed E-state index contributed by atoms with van der Waals surface area (Å²) in [5.74, 6) is -0.103. The quantitative estimate of drug-likeness (QED) is 0.614. The standard InChI is InChI=1S/C17H21N5O3/c1-11-17(22(24)25)12(2)21(20-11)6-5-16(23)19-8-13-3-4-14-9-18-10-15(14)7-13/h3-4,7,18H,5-6,8-10H2,1-2H3,(H,19,23). The van der Waals surface area contributed by atoms with Gasteiger partial charge in [0.15, 0.2) is 0 Å². The van der Waals surface area contributed by atoms with Crippen LogP contribution in [0.1, 0.15) is 34.5 Å². The third-order valence-electron chi connectivity index (χ3n) is 4.47. The van der Waals surface area contributed by atoms with Crippen LogP contribution >= 0.6 is 0 Å². The van der Waals surface area contributed by atoms with Crippen molar-refractivity contribution in [3.63, 3.8) is 0 Å². The van der Waals surface area contributed by atoms with Gasteiger partial charge in [-0.1, -0.05) is 18.2 Å². The molecule has 0 fully saturated rings. The minimum Gasteiger partial charge on any atom is -0.352 e. The molecule has 2 heterocycles. The number of hydrogen-bond acceptors (Lipinski definition) is 5. The van der Waals surface area contributed by atoms with Crippen molar-refractivity contribution in [2.75, 3.05) is 0 Å². The van der Waals surface area contributed by atoms with E-state index in [1.165, 1.54) is 15.8 Å². The molecule has 1 aromatic carbocycles. The molecule has 1 aliphatic heterocycles. The van der Waals surface area contributed by atoms with Crippen LogP contribution in [0.15, 0.2) is 18.2 Å². The fourth-order valence-corrected chi connectivity index (χ4v) is 3.12. The second-order valence-electron chi connectivity index (χ2n) is 6.23. The fourth-order valence-electron chi connectivity index (χ4n) is 3.12. The van der Waals surface area contributed by atoms with Crippen LogP contribution in [0.5, 0.6) is 0 Å². The molecule has 0 atom stereocenters. The van der Waals surface area contributed by atoms with E-state index in [1.807, 2.05) is 6.07 Å². The molecular formula is C17H21N5O3. The highest BCUT2D eigenvalue weighted by Crippen LogP contribution is 2.22. The number of hydrogen-bond donors (Lipinski definition) is 2.